The lowest BCUT2D eigenvalue weighted by Crippen LogP contribution is -1.97. The molecule has 0 aliphatic carbocycles. The molecule has 0 bridgehead atoms. The fraction of sp³-hybridized carbons (Fsp3) is 0.619. The molecule has 0 aromatic heterocycles. The predicted octanol–water partition coefficient (Wildman–Crippen LogP) is 5.71. The standard InChI is InChI=1S/C21H35NO/c1-2-20-13-15-21(16-14-20)19-23-18-12-10-8-6-4-3-5-7-9-11-17-22/h2,13-16H,1,3-12,17-19,22H2. The van der Waals surface area contributed by atoms with Crippen LogP contribution in [-0.2, 0) is 11.3 Å². The number of unbranched alkanes of at least 4 members (excludes halogenated alkanes) is 9. The molecule has 2 nitrogen and oxygen atoms in total. The van der Waals surface area contributed by atoms with Crippen LogP contribution in [0.5, 0.6) is 0 Å². The molecular formula is C21H35NO. The summed E-state index contributed by atoms with van der Waals surface area (Å²) in [5.74, 6) is 0. The minimum atomic E-state index is 0.722. The third-order valence-corrected chi connectivity index (χ3v) is 4.23. The molecule has 0 spiro atoms. The van der Waals surface area contributed by atoms with Crippen LogP contribution < -0.4 is 5.73 Å². The van der Waals surface area contributed by atoms with Gasteiger partial charge in [-0.1, -0.05) is 88.3 Å². The molecule has 0 aliphatic heterocycles. The van der Waals surface area contributed by atoms with E-state index in [1.807, 2.05) is 6.08 Å². The molecule has 1 rings (SSSR count). The van der Waals surface area contributed by atoms with Crippen molar-refractivity contribution in [3.8, 4) is 0 Å². The van der Waals surface area contributed by atoms with Crippen molar-refractivity contribution in [3.05, 3.63) is 42.0 Å². The topological polar surface area (TPSA) is 35.2 Å². The molecule has 0 saturated carbocycles. The maximum Gasteiger partial charge on any atom is 0.0716 e. The second-order valence-corrected chi connectivity index (χ2v) is 6.32. The Morgan fingerprint density at radius 1 is 0.783 bits per heavy atom. The van der Waals surface area contributed by atoms with Crippen molar-refractivity contribution in [2.45, 2.75) is 70.8 Å². The van der Waals surface area contributed by atoms with Gasteiger partial charge in [0.05, 0.1) is 6.61 Å². The zero-order chi connectivity index (χ0) is 16.6. The zero-order valence-electron chi connectivity index (χ0n) is 14.8. The Balaban J connectivity index is 1.83. The number of hydrogen-bond donors (Lipinski definition) is 1. The van der Waals surface area contributed by atoms with Crippen LogP contribution in [0.4, 0.5) is 0 Å². The van der Waals surface area contributed by atoms with Gasteiger partial charge in [0.25, 0.3) is 0 Å². The van der Waals surface area contributed by atoms with Crippen LogP contribution in [0.1, 0.15) is 75.3 Å². The summed E-state index contributed by atoms with van der Waals surface area (Å²) in [6, 6.07) is 8.40. The lowest BCUT2D eigenvalue weighted by Gasteiger charge is -2.05. The molecule has 23 heavy (non-hydrogen) atoms. The summed E-state index contributed by atoms with van der Waals surface area (Å²) >= 11 is 0. The Morgan fingerprint density at radius 2 is 1.30 bits per heavy atom. The summed E-state index contributed by atoms with van der Waals surface area (Å²) < 4.78 is 5.74. The monoisotopic (exact) mass is 317 g/mol. The molecule has 0 fully saturated rings. The molecule has 0 atom stereocenters. The summed E-state index contributed by atoms with van der Waals surface area (Å²) in [7, 11) is 0. The maximum absolute atomic E-state index is 5.74. The normalized spacial score (nSPS) is 10.8. The minimum Gasteiger partial charge on any atom is -0.377 e. The number of hydrogen-bond acceptors (Lipinski definition) is 2. The fourth-order valence-electron chi connectivity index (χ4n) is 2.70. The maximum atomic E-state index is 5.74. The van der Waals surface area contributed by atoms with Crippen LogP contribution >= 0.6 is 0 Å². The van der Waals surface area contributed by atoms with Crippen LogP contribution in [0.3, 0.4) is 0 Å². The minimum absolute atomic E-state index is 0.722. The lowest BCUT2D eigenvalue weighted by molar-refractivity contribution is 0.116. The van der Waals surface area contributed by atoms with Gasteiger partial charge in [-0.25, -0.2) is 0 Å². The van der Waals surface area contributed by atoms with Gasteiger partial charge in [0.1, 0.15) is 0 Å². The summed E-state index contributed by atoms with van der Waals surface area (Å²) in [6.07, 6.45) is 15.1. The van der Waals surface area contributed by atoms with Crippen molar-refractivity contribution >= 4 is 6.08 Å². The second-order valence-electron chi connectivity index (χ2n) is 6.32. The molecule has 2 heteroatoms. The summed E-state index contributed by atoms with van der Waals surface area (Å²) in [4.78, 5) is 0. The molecule has 0 aliphatic rings. The summed E-state index contributed by atoms with van der Waals surface area (Å²) in [5, 5.41) is 0. The van der Waals surface area contributed by atoms with Crippen LogP contribution in [0.15, 0.2) is 30.8 Å². The van der Waals surface area contributed by atoms with E-state index in [0.29, 0.717) is 0 Å². The van der Waals surface area contributed by atoms with E-state index in [1.165, 1.54) is 69.8 Å². The van der Waals surface area contributed by atoms with Crippen molar-refractivity contribution in [1.82, 2.24) is 0 Å². The van der Waals surface area contributed by atoms with Crippen LogP contribution in [0.2, 0.25) is 0 Å². The largest absolute Gasteiger partial charge is 0.377 e. The fourth-order valence-corrected chi connectivity index (χ4v) is 2.70. The van der Waals surface area contributed by atoms with Gasteiger partial charge >= 0.3 is 0 Å². The molecule has 2 N–H and O–H groups in total. The lowest BCUT2D eigenvalue weighted by atomic mass is 10.1. The molecule has 1 aromatic carbocycles. The summed E-state index contributed by atoms with van der Waals surface area (Å²) in [6.45, 7) is 6.21. The highest BCUT2D eigenvalue weighted by Crippen LogP contribution is 2.11. The van der Waals surface area contributed by atoms with E-state index in [1.54, 1.807) is 0 Å². The van der Waals surface area contributed by atoms with E-state index in [0.717, 1.165) is 25.3 Å². The Labute approximate surface area is 143 Å². The average Bonchev–Trinajstić information content (AvgIpc) is 2.59. The van der Waals surface area contributed by atoms with Gasteiger partial charge in [0.2, 0.25) is 0 Å². The third-order valence-electron chi connectivity index (χ3n) is 4.23. The van der Waals surface area contributed by atoms with E-state index in [-0.39, 0.29) is 0 Å². The highest BCUT2D eigenvalue weighted by molar-refractivity contribution is 5.47. The smallest absolute Gasteiger partial charge is 0.0716 e. The quantitative estimate of drug-likeness (QED) is 0.421. The number of ether oxygens (including phenoxy) is 1. The van der Waals surface area contributed by atoms with Gasteiger partial charge in [0.15, 0.2) is 0 Å². The SMILES string of the molecule is C=Cc1ccc(COCCCCCCCCCCCCN)cc1. The summed E-state index contributed by atoms with van der Waals surface area (Å²) in [5.41, 5.74) is 7.89. The van der Waals surface area contributed by atoms with Crippen molar-refractivity contribution in [2.24, 2.45) is 5.73 Å². The molecule has 0 unspecified atom stereocenters. The van der Waals surface area contributed by atoms with Crippen molar-refractivity contribution in [1.29, 1.82) is 0 Å². The van der Waals surface area contributed by atoms with Crippen molar-refractivity contribution in [3.63, 3.8) is 0 Å². The molecule has 130 valence electrons. The highest BCUT2D eigenvalue weighted by Gasteiger charge is 1.95. The van der Waals surface area contributed by atoms with E-state index >= 15 is 0 Å². The Hall–Kier alpha value is -1.12. The highest BCUT2D eigenvalue weighted by atomic mass is 16.5. The molecular weight excluding hydrogens is 282 g/mol. The number of benzene rings is 1. The molecule has 1 aromatic rings. The van der Waals surface area contributed by atoms with E-state index < -0.39 is 0 Å². The van der Waals surface area contributed by atoms with Gasteiger partial charge in [-0.05, 0) is 30.5 Å². The Kier molecular flexibility index (Phi) is 12.5. The van der Waals surface area contributed by atoms with Gasteiger partial charge in [-0.2, -0.15) is 0 Å². The van der Waals surface area contributed by atoms with E-state index in [2.05, 4.69) is 30.8 Å². The first-order valence-corrected chi connectivity index (χ1v) is 9.36. The zero-order valence-corrected chi connectivity index (χ0v) is 14.8. The predicted molar refractivity (Wildman–Crippen MR) is 101 cm³/mol. The third kappa shape index (κ3) is 11.1. The Morgan fingerprint density at radius 3 is 1.83 bits per heavy atom. The second kappa shape index (κ2) is 14.5. The molecule has 0 radical (unpaired) electrons. The van der Waals surface area contributed by atoms with Crippen LogP contribution in [0, 0.1) is 0 Å². The molecule has 0 heterocycles. The number of nitrogens with two attached hydrogens (primary N) is 1. The molecule has 0 saturated heterocycles. The van der Waals surface area contributed by atoms with Gasteiger partial charge in [0, 0.05) is 6.61 Å². The first kappa shape index (κ1) is 19.9. The van der Waals surface area contributed by atoms with Crippen LogP contribution in [-0.4, -0.2) is 13.2 Å². The van der Waals surface area contributed by atoms with E-state index in [4.69, 9.17) is 10.5 Å². The van der Waals surface area contributed by atoms with Crippen molar-refractivity contribution in [2.75, 3.05) is 13.2 Å². The van der Waals surface area contributed by atoms with Gasteiger partial charge in [-0.3, -0.25) is 0 Å². The van der Waals surface area contributed by atoms with Crippen LogP contribution in [0.25, 0.3) is 6.08 Å². The first-order chi connectivity index (χ1) is 11.4. The van der Waals surface area contributed by atoms with E-state index in [9.17, 15) is 0 Å². The Bertz CT molecular complexity index is 385. The van der Waals surface area contributed by atoms with Gasteiger partial charge < -0.3 is 10.5 Å². The first-order valence-electron chi connectivity index (χ1n) is 9.36. The van der Waals surface area contributed by atoms with Gasteiger partial charge in [-0.15, -0.1) is 0 Å². The molecule has 0 amide bonds. The number of rotatable bonds is 15. The average molecular weight is 318 g/mol. The van der Waals surface area contributed by atoms with Crippen molar-refractivity contribution < 1.29 is 4.74 Å².